The number of rotatable bonds is 7. The summed E-state index contributed by atoms with van der Waals surface area (Å²) in [6.07, 6.45) is 3.48. The molecule has 5 rings (SSSR count). The molecule has 6 nitrogen and oxygen atoms in total. The zero-order chi connectivity index (χ0) is 25.1. The van der Waals surface area contributed by atoms with E-state index in [0.29, 0.717) is 0 Å². The summed E-state index contributed by atoms with van der Waals surface area (Å²) in [5, 5.41) is 6.97. The average Bonchev–Trinajstić information content (AvgIpc) is 2.92. The molecule has 7 heteroatoms. The zero-order valence-corrected chi connectivity index (χ0v) is 21.3. The van der Waals surface area contributed by atoms with Crippen molar-refractivity contribution in [3.8, 4) is 5.75 Å². The van der Waals surface area contributed by atoms with Gasteiger partial charge in [0.05, 0.1) is 18.8 Å². The number of aromatic nitrogens is 1. The van der Waals surface area contributed by atoms with Crippen LogP contribution in [0, 0.1) is 5.92 Å². The Kier molecular flexibility index (Phi) is 6.93. The summed E-state index contributed by atoms with van der Waals surface area (Å²) in [6.45, 7) is 4.24. The molecular weight excluding hydrogens is 468 g/mol. The predicted octanol–water partition coefficient (Wildman–Crippen LogP) is 6.90. The molecule has 1 aliphatic rings. The van der Waals surface area contributed by atoms with Crippen LogP contribution < -0.4 is 15.4 Å². The highest BCUT2D eigenvalue weighted by atomic mass is 32.2. The third-order valence-corrected chi connectivity index (χ3v) is 7.85. The lowest BCUT2D eigenvalue weighted by atomic mass is 9.87. The molecule has 0 amide bonds. The van der Waals surface area contributed by atoms with E-state index in [0.717, 1.165) is 49.6 Å². The van der Waals surface area contributed by atoms with Crippen molar-refractivity contribution in [2.24, 2.45) is 10.9 Å². The molecule has 0 bridgehead atoms. The zero-order valence-electron chi connectivity index (χ0n) is 20.4. The molecule has 0 fully saturated rings. The Labute approximate surface area is 214 Å². The fraction of sp³-hybridized carbons (Fsp3) is 0.172. The van der Waals surface area contributed by atoms with Crippen LogP contribution in [0.1, 0.15) is 25.5 Å². The first kappa shape index (κ1) is 23.9. The summed E-state index contributed by atoms with van der Waals surface area (Å²) in [5.74, 6) is 1.04. The summed E-state index contributed by atoms with van der Waals surface area (Å²) in [5.41, 5.74) is 6.01. The van der Waals surface area contributed by atoms with Crippen LogP contribution in [0.4, 0.5) is 22.7 Å². The molecule has 0 aliphatic carbocycles. The third kappa shape index (κ3) is 5.08. The minimum atomic E-state index is -1.27. The summed E-state index contributed by atoms with van der Waals surface area (Å²) in [4.78, 5) is 10.3. The van der Waals surface area contributed by atoms with Gasteiger partial charge in [-0.25, -0.2) is 0 Å². The summed E-state index contributed by atoms with van der Waals surface area (Å²) in [6, 6.07) is 25.3. The van der Waals surface area contributed by atoms with Crippen LogP contribution in [0.25, 0.3) is 0 Å². The van der Waals surface area contributed by atoms with Gasteiger partial charge in [0.25, 0.3) is 0 Å². The van der Waals surface area contributed by atoms with Crippen LogP contribution in [-0.2, 0) is 11.2 Å². The number of fused-ring (bicyclic) bond motifs is 1. The molecule has 1 aliphatic heterocycles. The van der Waals surface area contributed by atoms with Crippen LogP contribution in [0.15, 0.2) is 106 Å². The monoisotopic (exact) mass is 496 g/mol. The van der Waals surface area contributed by atoms with Gasteiger partial charge in [-0.2, -0.15) is 0 Å². The first-order valence-corrected chi connectivity index (χ1v) is 13.0. The molecular formula is C29H28N4O2S. The second-order valence-corrected chi connectivity index (χ2v) is 10.2. The third-order valence-electron chi connectivity index (χ3n) is 6.45. The van der Waals surface area contributed by atoms with Gasteiger partial charge in [0, 0.05) is 57.8 Å². The number of ether oxygens (including phenoxy) is 1. The number of hydrogen-bond donors (Lipinski definition) is 2. The highest BCUT2D eigenvalue weighted by Gasteiger charge is 2.28. The number of nitrogens with zero attached hydrogens (tertiary/aromatic N) is 2. The molecule has 0 saturated carbocycles. The van der Waals surface area contributed by atoms with Crippen LogP contribution in [-0.4, -0.2) is 22.4 Å². The van der Waals surface area contributed by atoms with Crippen molar-refractivity contribution < 1.29 is 9.29 Å². The molecule has 2 N–H and O–H groups in total. The Bertz CT molecular complexity index is 1360. The first-order valence-electron chi connectivity index (χ1n) is 11.8. The Morgan fingerprint density at radius 2 is 1.44 bits per heavy atom. The minimum Gasteiger partial charge on any atom is -0.606 e. The van der Waals surface area contributed by atoms with E-state index in [1.165, 1.54) is 0 Å². The van der Waals surface area contributed by atoms with E-state index in [1.54, 1.807) is 19.5 Å². The van der Waals surface area contributed by atoms with E-state index in [1.807, 2.05) is 72.8 Å². The average molecular weight is 497 g/mol. The first-order chi connectivity index (χ1) is 17.5. The van der Waals surface area contributed by atoms with Crippen molar-refractivity contribution in [1.82, 2.24) is 4.98 Å². The normalized spacial score (nSPS) is 17.5. The standard InChI is InChI=1S/C29H28N4O2S/c1-19-20(2)31-28-13-8-24(35-3)18-27(28)29(19)33-22-6-11-26(12-7-22)36(34)25-9-4-21(5-10-25)32-23-14-16-30-17-15-23/h4-19,29,33H,1-3H3,(H,30,32). The Morgan fingerprint density at radius 3 is 2.08 bits per heavy atom. The number of nitrogens with one attached hydrogen (secondary N) is 2. The fourth-order valence-corrected chi connectivity index (χ4v) is 5.31. The molecule has 1 aromatic heterocycles. The smallest absolute Gasteiger partial charge is 0.158 e. The maximum absolute atomic E-state index is 13.2. The van der Waals surface area contributed by atoms with Gasteiger partial charge in [0.1, 0.15) is 5.75 Å². The Hall–Kier alpha value is -3.81. The quantitative estimate of drug-likeness (QED) is 0.272. The van der Waals surface area contributed by atoms with Gasteiger partial charge in [-0.3, -0.25) is 9.98 Å². The SMILES string of the molecule is COc1ccc2c(c1)C(Nc1ccc([S+]([O-])c3ccc(Nc4ccncc4)cc3)cc1)C(C)C(C)=N2. The maximum atomic E-state index is 13.2. The molecule has 4 aromatic rings. The summed E-state index contributed by atoms with van der Waals surface area (Å²) >= 11 is -1.27. The van der Waals surface area contributed by atoms with Crippen molar-refractivity contribution in [2.45, 2.75) is 29.7 Å². The van der Waals surface area contributed by atoms with E-state index in [2.05, 4.69) is 35.5 Å². The molecule has 36 heavy (non-hydrogen) atoms. The highest BCUT2D eigenvalue weighted by molar-refractivity contribution is 7.91. The van der Waals surface area contributed by atoms with Gasteiger partial charge in [-0.15, -0.1) is 0 Å². The lowest BCUT2D eigenvalue weighted by Crippen LogP contribution is -2.27. The van der Waals surface area contributed by atoms with Gasteiger partial charge in [0.2, 0.25) is 0 Å². The van der Waals surface area contributed by atoms with Crippen molar-refractivity contribution in [2.75, 3.05) is 17.7 Å². The van der Waals surface area contributed by atoms with Crippen LogP contribution >= 0.6 is 0 Å². The number of pyridine rings is 1. The van der Waals surface area contributed by atoms with E-state index >= 15 is 0 Å². The van der Waals surface area contributed by atoms with Gasteiger partial charge in [-0.05, 0) is 85.8 Å². The highest BCUT2D eigenvalue weighted by Crippen LogP contribution is 2.40. The molecule has 2 heterocycles. The van der Waals surface area contributed by atoms with Gasteiger partial charge >= 0.3 is 0 Å². The Morgan fingerprint density at radius 1 is 0.833 bits per heavy atom. The second kappa shape index (κ2) is 10.4. The number of methoxy groups -OCH3 is 1. The van der Waals surface area contributed by atoms with Gasteiger partial charge in [-0.1, -0.05) is 6.92 Å². The lowest BCUT2D eigenvalue weighted by molar-refractivity contribution is 0.413. The largest absolute Gasteiger partial charge is 0.606 e. The van der Waals surface area contributed by atoms with E-state index in [9.17, 15) is 4.55 Å². The summed E-state index contributed by atoms with van der Waals surface area (Å²) < 4.78 is 18.6. The Balaban J connectivity index is 1.30. The number of benzene rings is 3. The molecule has 0 spiro atoms. The van der Waals surface area contributed by atoms with Crippen LogP contribution in [0.5, 0.6) is 5.75 Å². The summed E-state index contributed by atoms with van der Waals surface area (Å²) in [7, 11) is 1.68. The molecule has 0 saturated heterocycles. The molecule has 182 valence electrons. The predicted molar refractivity (Wildman–Crippen MR) is 146 cm³/mol. The number of hydrogen-bond acceptors (Lipinski definition) is 6. The molecule has 3 aromatic carbocycles. The second-order valence-electron chi connectivity index (χ2n) is 8.77. The topological polar surface area (TPSA) is 81.6 Å². The molecule has 3 unspecified atom stereocenters. The number of anilines is 3. The fourth-order valence-electron chi connectivity index (χ4n) is 4.27. The molecule has 3 atom stereocenters. The van der Waals surface area contributed by atoms with Gasteiger partial charge in [0.15, 0.2) is 9.79 Å². The number of aliphatic imine (C=N–C) groups is 1. The van der Waals surface area contributed by atoms with Crippen LogP contribution in [0.2, 0.25) is 0 Å². The van der Waals surface area contributed by atoms with Crippen molar-refractivity contribution >= 4 is 39.6 Å². The van der Waals surface area contributed by atoms with Crippen molar-refractivity contribution in [3.63, 3.8) is 0 Å². The molecule has 0 radical (unpaired) electrons. The van der Waals surface area contributed by atoms with Gasteiger partial charge < -0.3 is 19.9 Å². The van der Waals surface area contributed by atoms with E-state index < -0.39 is 11.2 Å². The van der Waals surface area contributed by atoms with Crippen LogP contribution in [0.3, 0.4) is 0 Å². The maximum Gasteiger partial charge on any atom is 0.158 e. The van der Waals surface area contributed by atoms with E-state index in [4.69, 9.17) is 9.73 Å². The minimum absolute atomic E-state index is 0.0596. The van der Waals surface area contributed by atoms with Crippen molar-refractivity contribution in [1.29, 1.82) is 0 Å². The lowest BCUT2D eigenvalue weighted by Gasteiger charge is -2.31. The van der Waals surface area contributed by atoms with Crippen molar-refractivity contribution in [3.05, 3.63) is 96.8 Å². The van der Waals surface area contributed by atoms with E-state index in [-0.39, 0.29) is 12.0 Å².